The van der Waals surface area contributed by atoms with Crippen LogP contribution < -0.4 is 10.2 Å². The highest BCUT2D eigenvalue weighted by Crippen LogP contribution is 2.38. The van der Waals surface area contributed by atoms with E-state index >= 15 is 0 Å². The number of carbonyl (C=O) groups excluding carboxylic acids is 1. The van der Waals surface area contributed by atoms with E-state index < -0.39 is 20.0 Å². The highest BCUT2D eigenvalue weighted by atomic mass is 31.2. The maximum atomic E-state index is 12.8. The van der Waals surface area contributed by atoms with Crippen LogP contribution in [0.2, 0.25) is 0 Å². The minimum atomic E-state index is -4.56. The quantitative estimate of drug-likeness (QED) is 0.0272. The molecular formula is C59H101N2O6P. The summed E-state index contributed by atoms with van der Waals surface area (Å²) in [5.74, 6) is -0.183. The smallest absolute Gasteiger partial charge is 0.268 e. The van der Waals surface area contributed by atoms with E-state index in [1.807, 2.05) is 21.1 Å². The maximum Gasteiger partial charge on any atom is 0.268 e. The van der Waals surface area contributed by atoms with Crippen molar-refractivity contribution in [3.63, 3.8) is 0 Å². The molecule has 0 aromatic rings. The molecule has 0 heterocycles. The zero-order valence-electron chi connectivity index (χ0n) is 44.0. The number of nitrogens with one attached hydrogen (secondary N) is 1. The Morgan fingerprint density at radius 2 is 0.897 bits per heavy atom. The van der Waals surface area contributed by atoms with E-state index in [1.165, 1.54) is 44.9 Å². The number of aliphatic hydroxyl groups is 1. The lowest BCUT2D eigenvalue weighted by atomic mass is 10.0. The summed E-state index contributed by atoms with van der Waals surface area (Å²) in [5, 5.41) is 13.7. The first-order valence-corrected chi connectivity index (χ1v) is 28.3. The van der Waals surface area contributed by atoms with Crippen LogP contribution in [0.5, 0.6) is 0 Å². The molecule has 0 aliphatic rings. The summed E-state index contributed by atoms with van der Waals surface area (Å²) in [6, 6.07) is -0.806. The molecule has 9 heteroatoms. The molecule has 0 aliphatic heterocycles. The van der Waals surface area contributed by atoms with E-state index in [0.29, 0.717) is 23.9 Å². The van der Waals surface area contributed by atoms with Crippen molar-refractivity contribution in [1.82, 2.24) is 5.32 Å². The molecule has 0 saturated heterocycles. The van der Waals surface area contributed by atoms with E-state index in [9.17, 15) is 19.4 Å². The molecule has 0 aromatic carbocycles. The highest BCUT2D eigenvalue weighted by Gasteiger charge is 2.24. The molecule has 0 fully saturated rings. The highest BCUT2D eigenvalue weighted by molar-refractivity contribution is 7.45. The van der Waals surface area contributed by atoms with Gasteiger partial charge in [0.25, 0.3) is 7.82 Å². The first-order chi connectivity index (χ1) is 33.0. The molecule has 2 N–H and O–H groups in total. The van der Waals surface area contributed by atoms with Crippen molar-refractivity contribution in [2.24, 2.45) is 0 Å². The van der Waals surface area contributed by atoms with Gasteiger partial charge in [0.05, 0.1) is 39.9 Å². The molecule has 3 unspecified atom stereocenters. The van der Waals surface area contributed by atoms with Crippen molar-refractivity contribution in [2.45, 2.75) is 206 Å². The maximum absolute atomic E-state index is 12.8. The van der Waals surface area contributed by atoms with Crippen molar-refractivity contribution in [1.29, 1.82) is 0 Å². The average molecular weight is 965 g/mol. The molecule has 1 amide bonds. The second-order valence-electron chi connectivity index (χ2n) is 18.9. The summed E-state index contributed by atoms with van der Waals surface area (Å²) in [4.78, 5) is 25.2. The number of rotatable bonds is 47. The number of likely N-dealkylation sites (N-methyl/N-ethyl adjacent to an activating group) is 1. The predicted molar refractivity (Wildman–Crippen MR) is 292 cm³/mol. The number of amides is 1. The first-order valence-electron chi connectivity index (χ1n) is 26.9. The fraction of sp³-hybridized carbons (Fsp3) is 0.644. The number of quaternary nitrogens is 1. The Balaban J connectivity index is 3.90. The van der Waals surface area contributed by atoms with E-state index in [4.69, 9.17) is 9.05 Å². The second kappa shape index (κ2) is 48.9. The Labute approximate surface area is 418 Å². The van der Waals surface area contributed by atoms with Gasteiger partial charge in [-0.25, -0.2) is 0 Å². The molecule has 0 spiro atoms. The number of hydrogen-bond acceptors (Lipinski definition) is 6. The lowest BCUT2D eigenvalue weighted by molar-refractivity contribution is -0.870. The van der Waals surface area contributed by atoms with Gasteiger partial charge in [-0.05, 0) is 89.9 Å². The molecular weight excluding hydrogens is 864 g/mol. The van der Waals surface area contributed by atoms with Crippen molar-refractivity contribution in [3.05, 3.63) is 122 Å². The summed E-state index contributed by atoms with van der Waals surface area (Å²) in [7, 11) is 1.28. The van der Waals surface area contributed by atoms with Crippen molar-refractivity contribution in [3.8, 4) is 0 Å². The zero-order chi connectivity index (χ0) is 49.9. The van der Waals surface area contributed by atoms with Crippen LogP contribution in [0.4, 0.5) is 0 Å². The van der Waals surface area contributed by atoms with Crippen LogP contribution in [-0.2, 0) is 18.4 Å². The van der Waals surface area contributed by atoms with Crippen LogP contribution >= 0.6 is 7.82 Å². The van der Waals surface area contributed by atoms with E-state index in [1.54, 1.807) is 0 Å². The number of nitrogens with zero attached hydrogens (tertiary/aromatic N) is 1. The molecule has 0 radical (unpaired) electrons. The largest absolute Gasteiger partial charge is 0.756 e. The fourth-order valence-electron chi connectivity index (χ4n) is 7.01. The summed E-state index contributed by atoms with van der Waals surface area (Å²) in [5.41, 5.74) is 0. The third-order valence-corrected chi connectivity index (χ3v) is 12.2. The predicted octanol–water partition coefficient (Wildman–Crippen LogP) is 15.6. The van der Waals surface area contributed by atoms with Gasteiger partial charge in [-0.2, -0.15) is 0 Å². The molecule has 0 saturated carbocycles. The Morgan fingerprint density at radius 3 is 1.31 bits per heavy atom. The van der Waals surface area contributed by atoms with E-state index in [2.05, 4.69) is 141 Å². The Kier molecular flexibility index (Phi) is 46.7. The number of carbonyl (C=O) groups is 1. The standard InChI is InChI=1S/C59H101N2O6P/c1-6-8-10-12-13-14-15-16-17-18-19-20-21-22-23-24-25-26-27-28-29-30-31-32-33-34-35-36-37-38-39-40-41-42-43-44-45-46-47-49-51-53-59(63)60-57(58(62)52-50-48-11-9-7-2)56-67-68(64,65)66-55-54-61(3,4)5/h8,10,13-14,16-17,19-20,22-23,25-26,28-29,31-32,34-35,37-38,57-58,62H,6-7,9,11-12,15,18,21,24,27,30,33,36,39-56H2,1-5H3,(H-,60,63,64,65)/b10-8-,14-13-,17-16-,20-19-,23-22-,26-25-,29-28-,32-31-,35-34-,38-37-. The molecule has 0 aliphatic carbocycles. The van der Waals surface area contributed by atoms with Crippen LogP contribution in [0, 0.1) is 0 Å². The minimum Gasteiger partial charge on any atom is -0.756 e. The number of aliphatic hydroxyl groups excluding tert-OH is 1. The normalized spacial score (nSPS) is 15.0. The third-order valence-electron chi connectivity index (χ3n) is 11.2. The molecule has 0 bridgehead atoms. The third kappa shape index (κ3) is 50.8. The Hall–Kier alpha value is -3.10. The van der Waals surface area contributed by atoms with Crippen molar-refractivity contribution < 1.29 is 32.9 Å². The first kappa shape index (κ1) is 64.9. The van der Waals surface area contributed by atoms with Crippen LogP contribution in [0.1, 0.15) is 194 Å². The number of phosphoric ester groups is 1. The van der Waals surface area contributed by atoms with Gasteiger partial charge in [-0.3, -0.25) is 9.36 Å². The Morgan fingerprint density at radius 1 is 0.529 bits per heavy atom. The second-order valence-corrected chi connectivity index (χ2v) is 20.3. The van der Waals surface area contributed by atoms with Crippen LogP contribution in [0.15, 0.2) is 122 Å². The topological polar surface area (TPSA) is 108 Å². The zero-order valence-corrected chi connectivity index (χ0v) is 44.9. The molecule has 388 valence electrons. The average Bonchev–Trinajstić information content (AvgIpc) is 3.30. The molecule has 0 rings (SSSR count). The molecule has 8 nitrogen and oxygen atoms in total. The Bertz CT molecular complexity index is 1510. The van der Waals surface area contributed by atoms with Gasteiger partial charge in [0.1, 0.15) is 13.2 Å². The number of hydrogen-bond donors (Lipinski definition) is 2. The monoisotopic (exact) mass is 965 g/mol. The van der Waals surface area contributed by atoms with E-state index in [0.717, 1.165) is 122 Å². The summed E-state index contributed by atoms with van der Waals surface area (Å²) >= 11 is 0. The summed E-state index contributed by atoms with van der Waals surface area (Å²) in [6.45, 7) is 4.48. The van der Waals surface area contributed by atoms with Gasteiger partial charge in [-0.15, -0.1) is 0 Å². The summed E-state index contributed by atoms with van der Waals surface area (Å²) in [6.07, 6.45) is 72.9. The number of unbranched alkanes of at least 4 members (excludes halogenated alkanes) is 14. The van der Waals surface area contributed by atoms with Crippen molar-refractivity contribution >= 4 is 13.7 Å². The minimum absolute atomic E-state index is 0.00499. The fourth-order valence-corrected chi connectivity index (χ4v) is 7.73. The number of phosphoric acid groups is 1. The lowest BCUT2D eigenvalue weighted by Crippen LogP contribution is -2.46. The van der Waals surface area contributed by atoms with Crippen LogP contribution in [0.3, 0.4) is 0 Å². The van der Waals surface area contributed by atoms with Gasteiger partial charge in [-0.1, -0.05) is 219 Å². The number of allylic oxidation sites excluding steroid dienone is 20. The van der Waals surface area contributed by atoms with Crippen LogP contribution in [0.25, 0.3) is 0 Å². The van der Waals surface area contributed by atoms with Gasteiger partial charge < -0.3 is 28.8 Å². The lowest BCUT2D eigenvalue weighted by Gasteiger charge is -2.30. The van der Waals surface area contributed by atoms with Gasteiger partial charge >= 0.3 is 0 Å². The van der Waals surface area contributed by atoms with Gasteiger partial charge in [0.15, 0.2) is 0 Å². The van der Waals surface area contributed by atoms with E-state index in [-0.39, 0.29) is 19.1 Å². The molecule has 68 heavy (non-hydrogen) atoms. The van der Waals surface area contributed by atoms with Crippen molar-refractivity contribution in [2.75, 3.05) is 40.9 Å². The van der Waals surface area contributed by atoms with Gasteiger partial charge in [0.2, 0.25) is 5.91 Å². The summed E-state index contributed by atoms with van der Waals surface area (Å²) < 4.78 is 23.1. The SMILES string of the molecule is CC/C=C\C/C=C\C/C=C\C/C=C\C/C=C\C/C=C\C/C=C\C/C=C\C/C=C\C/C=C\CCCCCCCCCCCCC(=O)NC(COP(=O)([O-])OCC[N+](C)(C)C)C(O)CCCCCCC. The molecule has 3 atom stereocenters. The van der Waals surface area contributed by atoms with Crippen LogP contribution in [-0.4, -0.2) is 68.5 Å². The van der Waals surface area contributed by atoms with Gasteiger partial charge in [0, 0.05) is 6.42 Å². The molecule has 0 aromatic heterocycles.